The van der Waals surface area contributed by atoms with E-state index in [9.17, 15) is 8.42 Å². The zero-order chi connectivity index (χ0) is 12.9. The van der Waals surface area contributed by atoms with E-state index in [0.29, 0.717) is 0 Å². The predicted molar refractivity (Wildman–Crippen MR) is 69.8 cm³/mol. The molecule has 0 aromatic carbocycles. The van der Waals surface area contributed by atoms with Gasteiger partial charge in [0.15, 0.2) is 0 Å². The van der Waals surface area contributed by atoms with Crippen molar-refractivity contribution in [1.29, 1.82) is 0 Å². The standard InChI is InChI=1S/C12H20N2O2S/c1-4-13-12(9-17(3,15)16)10(2)11-7-5-6-8-14-11/h5-8,10,12-13H,4,9H2,1-3H3. The number of pyridine rings is 1. The molecule has 1 aromatic rings. The minimum absolute atomic E-state index is 0.0749. The highest BCUT2D eigenvalue weighted by atomic mass is 32.2. The van der Waals surface area contributed by atoms with E-state index in [-0.39, 0.29) is 17.7 Å². The van der Waals surface area contributed by atoms with Crippen molar-refractivity contribution < 1.29 is 8.42 Å². The first-order valence-corrected chi connectivity index (χ1v) is 7.82. The molecule has 2 unspecified atom stereocenters. The number of nitrogens with one attached hydrogen (secondary N) is 1. The Morgan fingerprint density at radius 2 is 2.12 bits per heavy atom. The molecule has 1 N–H and O–H groups in total. The summed E-state index contributed by atoms with van der Waals surface area (Å²) in [7, 11) is -2.99. The maximum absolute atomic E-state index is 11.4. The van der Waals surface area contributed by atoms with Gasteiger partial charge in [-0.25, -0.2) is 8.42 Å². The predicted octanol–water partition coefficient (Wildman–Crippen LogP) is 1.21. The first kappa shape index (κ1) is 14.1. The molecule has 0 spiro atoms. The van der Waals surface area contributed by atoms with Crippen LogP contribution in [-0.4, -0.2) is 38.0 Å². The lowest BCUT2D eigenvalue weighted by molar-refractivity contribution is 0.482. The van der Waals surface area contributed by atoms with Crippen LogP contribution >= 0.6 is 0 Å². The van der Waals surface area contributed by atoms with Crippen LogP contribution in [0.15, 0.2) is 24.4 Å². The van der Waals surface area contributed by atoms with E-state index in [2.05, 4.69) is 10.3 Å². The van der Waals surface area contributed by atoms with E-state index >= 15 is 0 Å². The fourth-order valence-electron chi connectivity index (χ4n) is 1.82. The van der Waals surface area contributed by atoms with Crippen molar-refractivity contribution in [2.75, 3.05) is 18.6 Å². The van der Waals surface area contributed by atoms with Gasteiger partial charge in [0.25, 0.3) is 0 Å². The lowest BCUT2D eigenvalue weighted by Gasteiger charge is -2.23. The highest BCUT2D eigenvalue weighted by Crippen LogP contribution is 2.17. The molecular weight excluding hydrogens is 236 g/mol. The third kappa shape index (κ3) is 4.83. The molecule has 0 radical (unpaired) electrons. The minimum Gasteiger partial charge on any atom is -0.313 e. The normalized spacial score (nSPS) is 15.5. The van der Waals surface area contributed by atoms with Gasteiger partial charge in [0.05, 0.1) is 5.75 Å². The first-order valence-electron chi connectivity index (χ1n) is 5.76. The molecule has 0 saturated carbocycles. The Hall–Kier alpha value is -0.940. The van der Waals surface area contributed by atoms with Gasteiger partial charge in [-0.1, -0.05) is 19.9 Å². The average Bonchev–Trinajstić information content (AvgIpc) is 2.27. The first-order chi connectivity index (χ1) is 7.94. The molecule has 1 rings (SSSR count). The molecule has 96 valence electrons. The quantitative estimate of drug-likeness (QED) is 0.831. The van der Waals surface area contributed by atoms with E-state index in [0.717, 1.165) is 12.2 Å². The monoisotopic (exact) mass is 256 g/mol. The second-order valence-electron chi connectivity index (χ2n) is 4.30. The van der Waals surface area contributed by atoms with Gasteiger partial charge in [-0.2, -0.15) is 0 Å². The molecule has 1 aromatic heterocycles. The van der Waals surface area contributed by atoms with E-state index in [4.69, 9.17) is 0 Å². The van der Waals surface area contributed by atoms with Crippen molar-refractivity contribution in [2.24, 2.45) is 0 Å². The third-order valence-corrected chi connectivity index (χ3v) is 3.67. The molecule has 0 fully saturated rings. The maximum atomic E-state index is 11.4. The molecule has 0 aliphatic carbocycles. The smallest absolute Gasteiger partial charge is 0.149 e. The molecule has 17 heavy (non-hydrogen) atoms. The van der Waals surface area contributed by atoms with Gasteiger partial charge < -0.3 is 5.32 Å². The summed E-state index contributed by atoms with van der Waals surface area (Å²) in [6, 6.07) is 5.61. The number of sulfone groups is 1. The van der Waals surface area contributed by atoms with E-state index in [1.54, 1.807) is 6.20 Å². The second-order valence-corrected chi connectivity index (χ2v) is 6.48. The van der Waals surface area contributed by atoms with Gasteiger partial charge in [-0.3, -0.25) is 4.98 Å². The fraction of sp³-hybridized carbons (Fsp3) is 0.583. The molecule has 0 aliphatic rings. The number of hydrogen-bond acceptors (Lipinski definition) is 4. The van der Waals surface area contributed by atoms with Crippen LogP contribution in [0.2, 0.25) is 0 Å². The zero-order valence-corrected chi connectivity index (χ0v) is 11.4. The molecule has 0 bridgehead atoms. The van der Waals surface area contributed by atoms with Crippen LogP contribution in [0.3, 0.4) is 0 Å². The summed E-state index contributed by atoms with van der Waals surface area (Å²) in [5, 5.41) is 3.22. The Balaban J connectivity index is 2.84. The molecule has 0 amide bonds. The molecule has 2 atom stereocenters. The number of nitrogens with zero attached hydrogens (tertiary/aromatic N) is 1. The van der Waals surface area contributed by atoms with Gasteiger partial charge in [0, 0.05) is 30.1 Å². The number of rotatable bonds is 6. The number of aromatic nitrogens is 1. The number of hydrogen-bond donors (Lipinski definition) is 1. The van der Waals surface area contributed by atoms with E-state index in [1.165, 1.54) is 6.26 Å². The summed E-state index contributed by atoms with van der Waals surface area (Å²) >= 11 is 0. The Kier molecular flexibility index (Phi) is 5.08. The van der Waals surface area contributed by atoms with Gasteiger partial charge >= 0.3 is 0 Å². The summed E-state index contributed by atoms with van der Waals surface area (Å²) in [5.74, 6) is 0.212. The van der Waals surface area contributed by atoms with Crippen molar-refractivity contribution in [3.05, 3.63) is 30.1 Å². The molecule has 0 aliphatic heterocycles. The van der Waals surface area contributed by atoms with Crippen LogP contribution in [0.5, 0.6) is 0 Å². The van der Waals surface area contributed by atoms with Crippen LogP contribution in [0, 0.1) is 0 Å². The summed E-state index contributed by atoms with van der Waals surface area (Å²) < 4.78 is 22.8. The van der Waals surface area contributed by atoms with Gasteiger partial charge in [-0.15, -0.1) is 0 Å². The Bertz CT molecular complexity index is 431. The second kappa shape index (κ2) is 6.12. The summed E-state index contributed by atoms with van der Waals surface area (Å²) in [6.45, 7) is 4.72. The summed E-state index contributed by atoms with van der Waals surface area (Å²) in [5.41, 5.74) is 0.919. The molecule has 0 saturated heterocycles. The van der Waals surface area contributed by atoms with Crippen molar-refractivity contribution in [2.45, 2.75) is 25.8 Å². The fourth-order valence-corrected chi connectivity index (χ4v) is 2.88. The molecule has 4 nitrogen and oxygen atoms in total. The highest BCUT2D eigenvalue weighted by molar-refractivity contribution is 7.90. The van der Waals surface area contributed by atoms with Crippen LogP contribution in [0.4, 0.5) is 0 Å². The van der Waals surface area contributed by atoms with Crippen molar-refractivity contribution in [1.82, 2.24) is 10.3 Å². The van der Waals surface area contributed by atoms with Crippen molar-refractivity contribution in [3.63, 3.8) is 0 Å². The zero-order valence-electron chi connectivity index (χ0n) is 10.6. The van der Waals surface area contributed by atoms with Crippen LogP contribution in [-0.2, 0) is 9.84 Å². The SMILES string of the molecule is CCNC(CS(C)(=O)=O)C(C)c1ccccn1. The van der Waals surface area contributed by atoms with Gasteiger partial charge in [-0.05, 0) is 18.7 Å². The highest BCUT2D eigenvalue weighted by Gasteiger charge is 2.22. The van der Waals surface area contributed by atoms with Crippen molar-refractivity contribution in [3.8, 4) is 0 Å². The van der Waals surface area contributed by atoms with Crippen LogP contribution in [0.1, 0.15) is 25.5 Å². The van der Waals surface area contributed by atoms with Crippen LogP contribution < -0.4 is 5.32 Å². The van der Waals surface area contributed by atoms with E-state index < -0.39 is 9.84 Å². The maximum Gasteiger partial charge on any atom is 0.149 e. The number of likely N-dealkylation sites (N-methyl/N-ethyl adjacent to an activating group) is 1. The summed E-state index contributed by atoms with van der Waals surface area (Å²) in [4.78, 5) is 4.28. The summed E-state index contributed by atoms with van der Waals surface area (Å²) in [6.07, 6.45) is 3.00. The van der Waals surface area contributed by atoms with Gasteiger partial charge in [0.1, 0.15) is 9.84 Å². The average molecular weight is 256 g/mol. The lowest BCUT2D eigenvalue weighted by atomic mass is 9.99. The Morgan fingerprint density at radius 1 is 1.41 bits per heavy atom. The van der Waals surface area contributed by atoms with Crippen molar-refractivity contribution >= 4 is 9.84 Å². The largest absolute Gasteiger partial charge is 0.313 e. The minimum atomic E-state index is -2.99. The topological polar surface area (TPSA) is 59.1 Å². The van der Waals surface area contributed by atoms with Crippen LogP contribution in [0.25, 0.3) is 0 Å². The van der Waals surface area contributed by atoms with E-state index in [1.807, 2.05) is 32.0 Å². The molecule has 1 heterocycles. The van der Waals surface area contributed by atoms with Gasteiger partial charge in [0.2, 0.25) is 0 Å². The third-order valence-electron chi connectivity index (χ3n) is 2.71. The molecule has 5 heteroatoms. The Morgan fingerprint density at radius 3 is 2.59 bits per heavy atom. The molecular formula is C12H20N2O2S. The lowest BCUT2D eigenvalue weighted by Crippen LogP contribution is -2.39. The Labute approximate surface area is 103 Å².